The number of hydrogen-bond donors (Lipinski definition) is 1. The molecule has 1 aromatic rings. The Hall–Kier alpha value is -1.45. The van der Waals surface area contributed by atoms with Crippen LogP contribution in [0, 0.1) is 0 Å². The molecule has 0 atom stereocenters. The molecule has 0 spiro atoms. The van der Waals surface area contributed by atoms with Gasteiger partial charge in [-0.3, -0.25) is 0 Å². The predicted octanol–water partition coefficient (Wildman–Crippen LogP) is 2.38. The maximum atomic E-state index is 5.87. The van der Waals surface area contributed by atoms with Gasteiger partial charge in [-0.25, -0.2) is 4.98 Å². The van der Waals surface area contributed by atoms with Crippen LogP contribution in [0.4, 0.5) is 5.69 Å². The quantitative estimate of drug-likeness (QED) is 0.853. The molecule has 1 aliphatic rings. The summed E-state index contributed by atoms with van der Waals surface area (Å²) in [6.07, 6.45) is 4.09. The SMILES string of the molecule is CC(C)(C)Oc1nccc(N)c1OC1CC1. The van der Waals surface area contributed by atoms with Gasteiger partial charge in [-0.15, -0.1) is 0 Å². The summed E-state index contributed by atoms with van der Waals surface area (Å²) in [6.45, 7) is 5.91. The van der Waals surface area contributed by atoms with Crippen molar-refractivity contribution in [2.45, 2.75) is 45.3 Å². The number of nitrogen functional groups attached to an aromatic ring is 1. The van der Waals surface area contributed by atoms with Gasteiger partial charge in [0, 0.05) is 6.20 Å². The van der Waals surface area contributed by atoms with E-state index in [1.807, 2.05) is 20.8 Å². The summed E-state index contributed by atoms with van der Waals surface area (Å²) in [4.78, 5) is 4.18. The summed E-state index contributed by atoms with van der Waals surface area (Å²) in [5, 5.41) is 0. The molecule has 0 saturated heterocycles. The highest BCUT2D eigenvalue weighted by atomic mass is 16.5. The second-order valence-corrected chi connectivity index (χ2v) is 5.07. The van der Waals surface area contributed by atoms with E-state index in [9.17, 15) is 0 Å². The summed E-state index contributed by atoms with van der Waals surface area (Å²) in [5.74, 6) is 1.07. The van der Waals surface area contributed by atoms with Crippen molar-refractivity contribution in [2.24, 2.45) is 0 Å². The number of ether oxygens (including phenoxy) is 2. The van der Waals surface area contributed by atoms with Crippen molar-refractivity contribution < 1.29 is 9.47 Å². The summed E-state index contributed by atoms with van der Waals surface area (Å²) >= 11 is 0. The topological polar surface area (TPSA) is 57.4 Å². The molecule has 1 aromatic heterocycles. The molecule has 4 heteroatoms. The van der Waals surface area contributed by atoms with Crippen molar-refractivity contribution in [1.29, 1.82) is 0 Å². The number of rotatable bonds is 3. The first-order valence-electron chi connectivity index (χ1n) is 5.56. The third kappa shape index (κ3) is 2.78. The fourth-order valence-corrected chi connectivity index (χ4v) is 1.28. The van der Waals surface area contributed by atoms with E-state index in [1.165, 1.54) is 0 Å². The number of pyridine rings is 1. The van der Waals surface area contributed by atoms with Crippen molar-refractivity contribution in [3.05, 3.63) is 12.3 Å². The largest absolute Gasteiger partial charge is 0.483 e. The standard InChI is InChI=1S/C12H18N2O2/c1-12(2,3)16-11-10(15-8-4-5-8)9(13)6-7-14-11/h6-8H,4-5H2,1-3H3,(H2,13,14). The Morgan fingerprint density at radius 1 is 1.38 bits per heavy atom. The summed E-state index contributed by atoms with van der Waals surface area (Å²) in [6, 6.07) is 1.73. The Labute approximate surface area is 95.8 Å². The second kappa shape index (κ2) is 3.85. The molecule has 2 N–H and O–H groups in total. The van der Waals surface area contributed by atoms with Gasteiger partial charge in [0.15, 0.2) is 0 Å². The van der Waals surface area contributed by atoms with Gasteiger partial charge < -0.3 is 15.2 Å². The molecule has 1 aliphatic carbocycles. The van der Waals surface area contributed by atoms with Crippen LogP contribution in [-0.2, 0) is 0 Å². The van der Waals surface area contributed by atoms with Crippen LogP contribution in [0.3, 0.4) is 0 Å². The minimum atomic E-state index is -0.303. The van der Waals surface area contributed by atoms with Crippen molar-refractivity contribution in [3.63, 3.8) is 0 Å². The Morgan fingerprint density at radius 3 is 2.62 bits per heavy atom. The summed E-state index contributed by atoms with van der Waals surface area (Å²) in [7, 11) is 0. The lowest BCUT2D eigenvalue weighted by atomic mass is 10.2. The molecule has 1 saturated carbocycles. The predicted molar refractivity (Wildman–Crippen MR) is 62.7 cm³/mol. The van der Waals surface area contributed by atoms with Crippen LogP contribution in [0.1, 0.15) is 33.6 Å². The highest BCUT2D eigenvalue weighted by molar-refractivity contribution is 5.57. The number of anilines is 1. The zero-order valence-corrected chi connectivity index (χ0v) is 9.99. The molecular formula is C12H18N2O2. The van der Waals surface area contributed by atoms with E-state index in [2.05, 4.69) is 4.98 Å². The average Bonchev–Trinajstić information content (AvgIpc) is 2.92. The normalized spacial score (nSPS) is 15.9. The maximum Gasteiger partial charge on any atom is 0.259 e. The van der Waals surface area contributed by atoms with Gasteiger partial charge in [-0.2, -0.15) is 0 Å². The maximum absolute atomic E-state index is 5.87. The van der Waals surface area contributed by atoms with Gasteiger partial charge in [0.1, 0.15) is 5.60 Å². The molecule has 0 unspecified atom stereocenters. The molecule has 1 fully saturated rings. The zero-order chi connectivity index (χ0) is 11.8. The minimum absolute atomic E-state index is 0.286. The van der Waals surface area contributed by atoms with Gasteiger partial charge >= 0.3 is 0 Å². The fourth-order valence-electron chi connectivity index (χ4n) is 1.28. The minimum Gasteiger partial charge on any atom is -0.483 e. The lowest BCUT2D eigenvalue weighted by Crippen LogP contribution is -2.24. The number of hydrogen-bond acceptors (Lipinski definition) is 4. The summed E-state index contributed by atoms with van der Waals surface area (Å²) < 4.78 is 11.4. The average molecular weight is 222 g/mol. The first-order valence-corrected chi connectivity index (χ1v) is 5.56. The third-order valence-electron chi connectivity index (χ3n) is 2.11. The lowest BCUT2D eigenvalue weighted by molar-refractivity contribution is 0.116. The van der Waals surface area contributed by atoms with E-state index >= 15 is 0 Å². The van der Waals surface area contributed by atoms with E-state index in [0.29, 0.717) is 17.3 Å². The van der Waals surface area contributed by atoms with Crippen LogP contribution in [0.15, 0.2) is 12.3 Å². The Kier molecular flexibility index (Phi) is 2.66. The van der Waals surface area contributed by atoms with Crippen molar-refractivity contribution in [1.82, 2.24) is 4.98 Å². The van der Waals surface area contributed by atoms with E-state index in [-0.39, 0.29) is 11.7 Å². The first kappa shape index (κ1) is 11.0. The summed E-state index contributed by atoms with van der Waals surface area (Å²) in [5.41, 5.74) is 6.15. The molecule has 0 radical (unpaired) electrons. The number of nitrogens with two attached hydrogens (primary N) is 1. The van der Waals surface area contributed by atoms with Crippen LogP contribution in [0.25, 0.3) is 0 Å². The van der Waals surface area contributed by atoms with E-state index in [1.54, 1.807) is 12.3 Å². The highest BCUT2D eigenvalue weighted by Crippen LogP contribution is 2.37. The molecule has 0 amide bonds. The molecule has 0 bridgehead atoms. The Balaban J connectivity index is 2.24. The molecule has 88 valence electrons. The Bertz CT molecular complexity index is 381. The van der Waals surface area contributed by atoms with E-state index < -0.39 is 0 Å². The first-order chi connectivity index (χ1) is 7.46. The van der Waals surface area contributed by atoms with Gasteiger partial charge in [0.25, 0.3) is 5.88 Å². The van der Waals surface area contributed by atoms with Crippen molar-refractivity contribution in [2.75, 3.05) is 5.73 Å². The smallest absolute Gasteiger partial charge is 0.259 e. The van der Waals surface area contributed by atoms with Gasteiger partial charge in [-0.1, -0.05) is 0 Å². The molecule has 2 rings (SSSR count). The van der Waals surface area contributed by atoms with E-state index in [4.69, 9.17) is 15.2 Å². The highest BCUT2D eigenvalue weighted by Gasteiger charge is 2.27. The second-order valence-electron chi connectivity index (χ2n) is 5.07. The van der Waals surface area contributed by atoms with Gasteiger partial charge in [-0.05, 0) is 39.7 Å². The molecular weight excluding hydrogens is 204 g/mol. The van der Waals surface area contributed by atoms with E-state index in [0.717, 1.165) is 12.8 Å². The van der Waals surface area contributed by atoms with Crippen LogP contribution < -0.4 is 15.2 Å². The molecule has 16 heavy (non-hydrogen) atoms. The van der Waals surface area contributed by atoms with Crippen LogP contribution >= 0.6 is 0 Å². The zero-order valence-electron chi connectivity index (χ0n) is 9.99. The van der Waals surface area contributed by atoms with Gasteiger partial charge in [0.05, 0.1) is 11.8 Å². The third-order valence-corrected chi connectivity index (χ3v) is 2.11. The van der Waals surface area contributed by atoms with Crippen LogP contribution in [-0.4, -0.2) is 16.7 Å². The molecule has 0 aliphatic heterocycles. The molecule has 1 heterocycles. The fraction of sp³-hybridized carbons (Fsp3) is 0.583. The molecule has 0 aromatic carbocycles. The monoisotopic (exact) mass is 222 g/mol. The van der Waals surface area contributed by atoms with Crippen molar-refractivity contribution >= 4 is 5.69 Å². The van der Waals surface area contributed by atoms with Gasteiger partial charge in [0.2, 0.25) is 5.75 Å². The number of nitrogens with zero attached hydrogens (tertiary/aromatic N) is 1. The lowest BCUT2D eigenvalue weighted by Gasteiger charge is -2.22. The molecule has 4 nitrogen and oxygen atoms in total. The van der Waals surface area contributed by atoms with Crippen LogP contribution in [0.5, 0.6) is 11.6 Å². The van der Waals surface area contributed by atoms with Crippen LogP contribution in [0.2, 0.25) is 0 Å². The Morgan fingerprint density at radius 2 is 2.06 bits per heavy atom. The van der Waals surface area contributed by atoms with Crippen molar-refractivity contribution in [3.8, 4) is 11.6 Å². The number of aromatic nitrogens is 1.